The molecule has 0 saturated carbocycles. The van der Waals surface area contributed by atoms with E-state index in [1.165, 1.54) is 27.4 Å². The first-order valence-electron chi connectivity index (χ1n) is 13.2. The molecule has 0 amide bonds. The van der Waals surface area contributed by atoms with Crippen molar-refractivity contribution in [3.8, 4) is 23.0 Å². The van der Waals surface area contributed by atoms with E-state index >= 15 is 0 Å². The zero-order valence-corrected chi connectivity index (χ0v) is 23.2. The molecule has 1 aliphatic carbocycles. The maximum atomic E-state index is 14.4. The molecule has 10 heteroatoms. The molecule has 0 unspecified atom stereocenters. The minimum Gasteiger partial charge on any atom is -0.504 e. The van der Waals surface area contributed by atoms with E-state index in [0.717, 1.165) is 5.57 Å². The van der Waals surface area contributed by atoms with Gasteiger partial charge < -0.3 is 40.2 Å². The summed E-state index contributed by atoms with van der Waals surface area (Å²) in [7, 11) is 4.43. The van der Waals surface area contributed by atoms with Gasteiger partial charge in [-0.15, -0.1) is 0 Å². The molecule has 1 aliphatic rings. The number of aliphatic hydroxyl groups excluding tert-OH is 2. The van der Waals surface area contributed by atoms with Crippen molar-refractivity contribution in [1.82, 2.24) is 0 Å². The number of aliphatic hydroxyl groups is 2. The molecule has 0 heterocycles. The molecule has 0 bridgehead atoms. The molecule has 0 spiro atoms. The number of aromatic hydroxyl groups is 1. The SMILES string of the molecule is COc1c(O)c2c(=O)cc(OC)c3c4c(OC)cc(NCCO)c5c(=O)c(NCCO)c6c(c(c1CC(C)=C6)c23)c54. The van der Waals surface area contributed by atoms with Crippen molar-refractivity contribution in [2.24, 2.45) is 0 Å². The predicted molar refractivity (Wildman–Crippen MR) is 161 cm³/mol. The van der Waals surface area contributed by atoms with Crippen LogP contribution in [0.3, 0.4) is 0 Å². The molecule has 0 aromatic heterocycles. The highest BCUT2D eigenvalue weighted by atomic mass is 16.5. The van der Waals surface area contributed by atoms with Crippen molar-refractivity contribution >= 4 is 60.5 Å². The van der Waals surface area contributed by atoms with E-state index in [-0.39, 0.29) is 54.4 Å². The Balaban J connectivity index is 2.08. The summed E-state index contributed by atoms with van der Waals surface area (Å²) >= 11 is 0. The lowest BCUT2D eigenvalue weighted by Gasteiger charge is -2.24. The number of hydrogen-bond acceptors (Lipinski definition) is 10. The van der Waals surface area contributed by atoms with Gasteiger partial charge in [0.05, 0.1) is 51.0 Å². The Bertz CT molecular complexity index is 2020. The van der Waals surface area contributed by atoms with Crippen LogP contribution in [0.1, 0.15) is 18.1 Å². The largest absolute Gasteiger partial charge is 0.504 e. The summed E-state index contributed by atoms with van der Waals surface area (Å²) in [5.41, 5.74) is 2.19. The highest BCUT2D eigenvalue weighted by Crippen LogP contribution is 2.55. The van der Waals surface area contributed by atoms with E-state index in [1.807, 2.05) is 13.0 Å². The van der Waals surface area contributed by atoms with Crippen molar-refractivity contribution < 1.29 is 29.5 Å². The topological polar surface area (TPSA) is 147 Å². The van der Waals surface area contributed by atoms with Gasteiger partial charge in [0.25, 0.3) is 0 Å². The molecule has 0 radical (unpaired) electrons. The molecule has 0 aliphatic heterocycles. The number of methoxy groups -OCH3 is 3. The lowest BCUT2D eigenvalue weighted by atomic mass is 9.83. The van der Waals surface area contributed by atoms with Gasteiger partial charge in [-0.05, 0) is 18.7 Å². The van der Waals surface area contributed by atoms with E-state index in [4.69, 9.17) is 14.2 Å². The Morgan fingerprint density at radius 3 is 2.05 bits per heavy atom. The van der Waals surface area contributed by atoms with E-state index in [1.54, 1.807) is 6.07 Å². The first-order chi connectivity index (χ1) is 19.8. The number of rotatable bonds is 9. The number of anilines is 2. The zero-order chi connectivity index (χ0) is 29.2. The molecule has 10 nitrogen and oxygen atoms in total. The molecule has 212 valence electrons. The summed E-state index contributed by atoms with van der Waals surface area (Å²) in [5.74, 6) is 0.628. The summed E-state index contributed by atoms with van der Waals surface area (Å²) in [6, 6.07) is 3.02. The standard InChI is InChI=1S/C31H30N2O8/c1-13-9-14-20-21-15(10-13)31(41-4)30(38)23-17(36)12-19(40-3)25(27(21)23)24-18(39-2)11-16(32-5-7-34)22(26(20)24)29(37)28(14)33-6-8-35/h9,11-12,32-35,38H,5-8,10H2,1-4H3. The molecule has 6 rings (SSSR count). The van der Waals surface area contributed by atoms with Crippen LogP contribution in [0.25, 0.3) is 49.2 Å². The lowest BCUT2D eigenvalue weighted by Crippen LogP contribution is -2.19. The second-order valence-electron chi connectivity index (χ2n) is 10.1. The van der Waals surface area contributed by atoms with Crippen LogP contribution in [0.4, 0.5) is 11.4 Å². The fraction of sp³-hybridized carbons (Fsp3) is 0.290. The second kappa shape index (κ2) is 9.83. The van der Waals surface area contributed by atoms with Gasteiger partial charge in [-0.3, -0.25) is 9.59 Å². The van der Waals surface area contributed by atoms with Crippen molar-refractivity contribution in [1.29, 1.82) is 0 Å². The molecule has 5 aromatic rings. The van der Waals surface area contributed by atoms with E-state index in [9.17, 15) is 24.9 Å². The Labute approximate surface area is 234 Å². The minimum atomic E-state index is -0.436. The molecular weight excluding hydrogens is 528 g/mol. The fourth-order valence-electron chi connectivity index (χ4n) is 6.44. The number of phenolic OH excluding ortho intramolecular Hbond substituents is 1. The predicted octanol–water partition coefficient (Wildman–Crippen LogP) is 3.39. The number of allylic oxidation sites excluding steroid dienone is 1. The van der Waals surface area contributed by atoms with E-state index < -0.39 is 5.43 Å². The first kappa shape index (κ1) is 26.7. The van der Waals surface area contributed by atoms with Crippen molar-refractivity contribution in [3.63, 3.8) is 0 Å². The van der Waals surface area contributed by atoms with Crippen LogP contribution >= 0.6 is 0 Å². The summed E-state index contributed by atoms with van der Waals surface area (Å²) < 4.78 is 17.4. The molecule has 5 N–H and O–H groups in total. The second-order valence-corrected chi connectivity index (χ2v) is 10.1. The average Bonchev–Trinajstić information content (AvgIpc) is 3.11. The van der Waals surface area contributed by atoms with Crippen LogP contribution in [0.2, 0.25) is 0 Å². The third-order valence-corrected chi connectivity index (χ3v) is 7.90. The van der Waals surface area contributed by atoms with Gasteiger partial charge in [0.15, 0.2) is 16.9 Å². The van der Waals surface area contributed by atoms with Gasteiger partial charge in [0.2, 0.25) is 5.43 Å². The van der Waals surface area contributed by atoms with Gasteiger partial charge in [-0.2, -0.15) is 0 Å². The number of hydrogen-bond donors (Lipinski definition) is 5. The molecule has 0 atom stereocenters. The summed E-state index contributed by atoms with van der Waals surface area (Å²) in [6.45, 7) is 1.90. The number of fused-ring (bicyclic) bond motifs is 1. The fourth-order valence-corrected chi connectivity index (χ4v) is 6.44. The first-order valence-corrected chi connectivity index (χ1v) is 13.2. The van der Waals surface area contributed by atoms with E-state index in [0.29, 0.717) is 72.4 Å². The van der Waals surface area contributed by atoms with Gasteiger partial charge in [-0.1, -0.05) is 11.6 Å². The third kappa shape index (κ3) is 3.57. The van der Waals surface area contributed by atoms with Gasteiger partial charge in [0, 0.05) is 69.0 Å². The Morgan fingerprint density at radius 2 is 1.41 bits per heavy atom. The molecule has 0 saturated heterocycles. The van der Waals surface area contributed by atoms with Gasteiger partial charge in [0.1, 0.15) is 11.5 Å². The monoisotopic (exact) mass is 558 g/mol. The van der Waals surface area contributed by atoms with Crippen LogP contribution in [0.15, 0.2) is 27.3 Å². The zero-order valence-electron chi connectivity index (χ0n) is 23.2. The van der Waals surface area contributed by atoms with Crippen molar-refractivity contribution in [3.05, 3.63) is 49.3 Å². The quantitative estimate of drug-likeness (QED) is 0.135. The Hall–Kier alpha value is -4.54. The number of benzene rings is 5. The van der Waals surface area contributed by atoms with Crippen LogP contribution in [0.5, 0.6) is 23.0 Å². The number of nitrogens with one attached hydrogen (secondary N) is 2. The molecule has 0 fully saturated rings. The van der Waals surface area contributed by atoms with Crippen LogP contribution < -0.4 is 35.7 Å². The number of phenols is 1. The Kier molecular flexibility index (Phi) is 6.39. The molecule has 41 heavy (non-hydrogen) atoms. The van der Waals surface area contributed by atoms with Crippen molar-refractivity contribution in [2.45, 2.75) is 13.3 Å². The minimum absolute atomic E-state index is 0.0845. The molecule has 5 aromatic carbocycles. The smallest absolute Gasteiger partial charge is 0.212 e. The Morgan fingerprint density at radius 1 is 0.780 bits per heavy atom. The third-order valence-electron chi connectivity index (χ3n) is 7.90. The van der Waals surface area contributed by atoms with Crippen LogP contribution in [-0.2, 0) is 6.42 Å². The van der Waals surface area contributed by atoms with E-state index in [2.05, 4.69) is 10.6 Å². The normalized spacial score (nSPS) is 12.9. The highest BCUT2D eigenvalue weighted by Gasteiger charge is 2.32. The lowest BCUT2D eigenvalue weighted by molar-refractivity contribution is 0.310. The summed E-state index contributed by atoms with van der Waals surface area (Å²) in [5, 5.41) is 40.9. The highest BCUT2D eigenvalue weighted by molar-refractivity contribution is 6.40. The van der Waals surface area contributed by atoms with Gasteiger partial charge in [-0.25, -0.2) is 0 Å². The average molecular weight is 559 g/mol. The summed E-state index contributed by atoms with van der Waals surface area (Å²) in [6.07, 6.45) is 2.30. The summed E-state index contributed by atoms with van der Waals surface area (Å²) in [4.78, 5) is 27.9. The van der Waals surface area contributed by atoms with Crippen LogP contribution in [0, 0.1) is 0 Å². The van der Waals surface area contributed by atoms with Crippen molar-refractivity contribution in [2.75, 3.05) is 58.3 Å². The maximum absolute atomic E-state index is 14.4. The maximum Gasteiger partial charge on any atom is 0.212 e. The molecular formula is C31H30N2O8. The van der Waals surface area contributed by atoms with Gasteiger partial charge >= 0.3 is 0 Å². The van der Waals surface area contributed by atoms with Crippen LogP contribution in [-0.4, -0.2) is 63.0 Å². The number of ether oxygens (including phenoxy) is 3.